The van der Waals surface area contributed by atoms with Gasteiger partial charge in [-0.25, -0.2) is 0 Å². The van der Waals surface area contributed by atoms with Crippen LogP contribution in [-0.2, 0) is 22.4 Å². The van der Waals surface area contributed by atoms with Crippen molar-refractivity contribution in [1.29, 1.82) is 0 Å². The van der Waals surface area contributed by atoms with Crippen LogP contribution in [0.15, 0.2) is 18.2 Å². The summed E-state index contributed by atoms with van der Waals surface area (Å²) in [7, 11) is 0. The lowest BCUT2D eigenvalue weighted by Crippen LogP contribution is -2.01. The molecule has 1 aliphatic rings. The molecule has 0 saturated carbocycles. The van der Waals surface area contributed by atoms with E-state index in [2.05, 4.69) is 29.0 Å². The summed E-state index contributed by atoms with van der Waals surface area (Å²) < 4.78 is 4.87. The first-order valence-electron chi connectivity index (χ1n) is 7.56. The molecule has 1 N–H and O–H groups in total. The topological polar surface area (TPSA) is 42.1 Å². The number of rotatable bonds is 2. The molecule has 2 aromatic rings. The molecule has 0 spiro atoms. The minimum absolute atomic E-state index is 0.150. The summed E-state index contributed by atoms with van der Waals surface area (Å²) >= 11 is 0. The number of aromatic nitrogens is 1. The van der Waals surface area contributed by atoms with Crippen LogP contribution in [0.1, 0.15) is 43.0 Å². The zero-order chi connectivity index (χ0) is 14.7. The average Bonchev–Trinajstić information content (AvgIpc) is 2.86. The van der Waals surface area contributed by atoms with Crippen LogP contribution in [0.25, 0.3) is 10.9 Å². The van der Waals surface area contributed by atoms with Crippen LogP contribution in [-0.4, -0.2) is 17.6 Å². The molecular weight excluding hydrogens is 262 g/mol. The van der Waals surface area contributed by atoms with Crippen LogP contribution >= 0.6 is 0 Å². The van der Waals surface area contributed by atoms with E-state index in [9.17, 15) is 4.79 Å². The van der Waals surface area contributed by atoms with Crippen molar-refractivity contribution in [1.82, 2.24) is 4.98 Å². The average molecular weight is 281 g/mol. The molecule has 3 nitrogen and oxygen atoms in total. The third-order valence-electron chi connectivity index (χ3n) is 3.87. The van der Waals surface area contributed by atoms with Crippen LogP contribution in [0, 0.1) is 11.8 Å². The lowest BCUT2D eigenvalue weighted by molar-refractivity contribution is -0.141. The first kappa shape index (κ1) is 13.8. The second-order valence-corrected chi connectivity index (χ2v) is 5.33. The van der Waals surface area contributed by atoms with Crippen molar-refractivity contribution in [2.45, 2.75) is 39.0 Å². The molecule has 0 bridgehead atoms. The smallest absolute Gasteiger partial charge is 0.317 e. The van der Waals surface area contributed by atoms with Crippen LogP contribution < -0.4 is 0 Å². The number of aromatic amines is 1. The fraction of sp³-hybridized carbons (Fsp3) is 0.389. The number of carbonyl (C=O) groups excluding carboxylic acids is 1. The van der Waals surface area contributed by atoms with Gasteiger partial charge in [-0.05, 0) is 56.4 Å². The molecule has 21 heavy (non-hydrogen) atoms. The van der Waals surface area contributed by atoms with E-state index in [-0.39, 0.29) is 12.4 Å². The van der Waals surface area contributed by atoms with Crippen molar-refractivity contribution >= 4 is 16.9 Å². The molecule has 1 aromatic heterocycles. The van der Waals surface area contributed by atoms with Gasteiger partial charge in [-0.15, -0.1) is 0 Å². The molecule has 0 aliphatic heterocycles. The van der Waals surface area contributed by atoms with Crippen molar-refractivity contribution in [3.63, 3.8) is 0 Å². The highest BCUT2D eigenvalue weighted by molar-refractivity contribution is 5.86. The quantitative estimate of drug-likeness (QED) is 0.677. The SMILES string of the molecule is CCOC(=O)CC#Cc1ccc2[nH]c3c(c2c1)CCCC3. The number of nitrogens with one attached hydrogen (secondary N) is 1. The molecule has 0 saturated heterocycles. The zero-order valence-corrected chi connectivity index (χ0v) is 12.3. The van der Waals surface area contributed by atoms with Gasteiger partial charge in [0, 0.05) is 22.2 Å². The van der Waals surface area contributed by atoms with Gasteiger partial charge in [0.1, 0.15) is 6.42 Å². The monoisotopic (exact) mass is 281 g/mol. The molecule has 3 rings (SSSR count). The molecule has 1 aromatic carbocycles. The van der Waals surface area contributed by atoms with Crippen molar-refractivity contribution in [3.05, 3.63) is 35.0 Å². The van der Waals surface area contributed by atoms with E-state index in [1.807, 2.05) is 6.07 Å². The fourth-order valence-corrected chi connectivity index (χ4v) is 2.91. The summed E-state index contributed by atoms with van der Waals surface area (Å²) in [4.78, 5) is 14.8. The molecule has 1 aliphatic carbocycles. The Bertz CT molecular complexity index is 731. The van der Waals surface area contributed by atoms with Crippen molar-refractivity contribution in [2.24, 2.45) is 0 Å². The Kier molecular flexibility index (Phi) is 3.96. The van der Waals surface area contributed by atoms with E-state index in [0.29, 0.717) is 6.61 Å². The van der Waals surface area contributed by atoms with Gasteiger partial charge in [-0.1, -0.05) is 11.8 Å². The van der Waals surface area contributed by atoms with Crippen LogP contribution in [0.2, 0.25) is 0 Å². The number of ether oxygens (including phenoxy) is 1. The molecule has 0 fully saturated rings. The number of fused-ring (bicyclic) bond motifs is 3. The maximum Gasteiger partial charge on any atom is 0.317 e. The minimum Gasteiger partial charge on any atom is -0.465 e. The van der Waals surface area contributed by atoms with E-state index in [0.717, 1.165) is 18.4 Å². The van der Waals surface area contributed by atoms with Crippen molar-refractivity contribution < 1.29 is 9.53 Å². The maximum absolute atomic E-state index is 11.3. The molecule has 0 atom stereocenters. The van der Waals surface area contributed by atoms with E-state index in [4.69, 9.17) is 4.74 Å². The van der Waals surface area contributed by atoms with Crippen LogP contribution in [0.3, 0.4) is 0 Å². The number of esters is 1. The lowest BCUT2D eigenvalue weighted by atomic mass is 9.95. The van der Waals surface area contributed by atoms with Gasteiger partial charge in [0.15, 0.2) is 0 Å². The standard InChI is InChI=1S/C18H19NO2/c1-2-21-18(20)9-5-6-13-10-11-17-15(12-13)14-7-3-4-8-16(14)19-17/h10-12,19H,2-4,7-9H2,1H3. The Hall–Kier alpha value is -2.21. The third-order valence-corrected chi connectivity index (χ3v) is 3.87. The summed E-state index contributed by atoms with van der Waals surface area (Å²) in [6.45, 7) is 2.20. The summed E-state index contributed by atoms with van der Waals surface area (Å²) in [5, 5.41) is 1.28. The first-order valence-corrected chi connectivity index (χ1v) is 7.56. The summed E-state index contributed by atoms with van der Waals surface area (Å²) in [5.41, 5.74) is 4.98. The minimum atomic E-state index is -0.259. The molecule has 0 amide bonds. The molecular formula is C18H19NO2. The van der Waals surface area contributed by atoms with Gasteiger partial charge in [0.25, 0.3) is 0 Å². The van der Waals surface area contributed by atoms with E-state index >= 15 is 0 Å². The van der Waals surface area contributed by atoms with E-state index in [1.54, 1.807) is 6.92 Å². The van der Waals surface area contributed by atoms with Gasteiger partial charge in [0.2, 0.25) is 0 Å². The normalized spacial score (nSPS) is 13.4. The molecule has 1 heterocycles. The van der Waals surface area contributed by atoms with Gasteiger partial charge in [-0.3, -0.25) is 4.79 Å². The zero-order valence-electron chi connectivity index (χ0n) is 12.3. The second-order valence-electron chi connectivity index (χ2n) is 5.33. The van der Waals surface area contributed by atoms with Gasteiger partial charge < -0.3 is 9.72 Å². The predicted molar refractivity (Wildman–Crippen MR) is 83.1 cm³/mol. The first-order chi connectivity index (χ1) is 10.3. The second kappa shape index (κ2) is 6.05. The van der Waals surface area contributed by atoms with Gasteiger partial charge in [0.05, 0.1) is 6.61 Å². The predicted octanol–water partition coefficient (Wildman–Crippen LogP) is 3.35. The number of hydrogen-bond donors (Lipinski definition) is 1. The van der Waals surface area contributed by atoms with Gasteiger partial charge in [-0.2, -0.15) is 0 Å². The highest BCUT2D eigenvalue weighted by Crippen LogP contribution is 2.29. The third kappa shape index (κ3) is 2.95. The number of H-pyrrole nitrogens is 1. The fourth-order valence-electron chi connectivity index (χ4n) is 2.91. The van der Waals surface area contributed by atoms with Crippen LogP contribution in [0.5, 0.6) is 0 Å². The summed E-state index contributed by atoms with van der Waals surface area (Å²) in [5.74, 6) is 5.69. The van der Waals surface area contributed by atoms with Gasteiger partial charge >= 0.3 is 5.97 Å². The van der Waals surface area contributed by atoms with E-state index in [1.165, 1.54) is 35.0 Å². The lowest BCUT2D eigenvalue weighted by Gasteiger charge is -2.10. The van der Waals surface area contributed by atoms with Crippen molar-refractivity contribution in [3.8, 4) is 11.8 Å². The van der Waals surface area contributed by atoms with Crippen molar-refractivity contribution in [2.75, 3.05) is 6.61 Å². The highest BCUT2D eigenvalue weighted by atomic mass is 16.5. The summed E-state index contributed by atoms with van der Waals surface area (Å²) in [6.07, 6.45) is 4.98. The Morgan fingerprint density at radius 3 is 3.05 bits per heavy atom. The number of hydrogen-bond acceptors (Lipinski definition) is 2. The Balaban J connectivity index is 1.84. The molecule has 3 heteroatoms. The Labute approximate surface area is 124 Å². The number of aryl methyl sites for hydroxylation is 2. The molecule has 0 unspecified atom stereocenters. The summed E-state index contributed by atoms with van der Waals surface area (Å²) in [6, 6.07) is 6.22. The van der Waals surface area contributed by atoms with E-state index < -0.39 is 0 Å². The maximum atomic E-state index is 11.3. The molecule has 0 radical (unpaired) electrons. The highest BCUT2D eigenvalue weighted by Gasteiger charge is 2.14. The number of benzene rings is 1. The largest absolute Gasteiger partial charge is 0.465 e. The molecule has 108 valence electrons. The Morgan fingerprint density at radius 1 is 1.33 bits per heavy atom. The number of carbonyl (C=O) groups is 1. The Morgan fingerprint density at radius 2 is 2.19 bits per heavy atom. The van der Waals surface area contributed by atoms with Crippen LogP contribution in [0.4, 0.5) is 0 Å².